The van der Waals surface area contributed by atoms with E-state index >= 15 is 0 Å². The first kappa shape index (κ1) is 19.4. The molecule has 1 aliphatic rings. The zero-order valence-corrected chi connectivity index (χ0v) is 15.6. The molecule has 7 nitrogen and oxygen atoms in total. The maximum Gasteiger partial charge on any atom is 0.335 e. The Kier molecular flexibility index (Phi) is 5.60. The zero-order chi connectivity index (χ0) is 20.3. The van der Waals surface area contributed by atoms with Crippen molar-refractivity contribution in [1.29, 1.82) is 0 Å². The van der Waals surface area contributed by atoms with Gasteiger partial charge in [0.2, 0.25) is 0 Å². The van der Waals surface area contributed by atoms with Gasteiger partial charge in [0.15, 0.2) is 5.17 Å². The monoisotopic (exact) mass is 396 g/mol. The number of aliphatic imine (C=N–C) groups is 1. The molecule has 1 fully saturated rings. The SMILES string of the molecule is CCN1C(=O)/C(=C/c2ccc(C(=O)O)cc2)SC1=Nc1ccc(C(=O)O)cc1. The number of carboxylic acids is 2. The van der Waals surface area contributed by atoms with Crippen molar-refractivity contribution in [2.75, 3.05) is 6.54 Å². The summed E-state index contributed by atoms with van der Waals surface area (Å²) in [6.07, 6.45) is 1.69. The molecule has 1 aliphatic heterocycles. The summed E-state index contributed by atoms with van der Waals surface area (Å²) < 4.78 is 0. The van der Waals surface area contributed by atoms with Crippen molar-refractivity contribution in [3.63, 3.8) is 0 Å². The minimum atomic E-state index is -1.01. The Morgan fingerprint density at radius 1 is 1.00 bits per heavy atom. The molecule has 2 aromatic rings. The van der Waals surface area contributed by atoms with Crippen molar-refractivity contribution in [1.82, 2.24) is 4.90 Å². The largest absolute Gasteiger partial charge is 0.478 e. The maximum atomic E-state index is 12.6. The Morgan fingerprint density at radius 3 is 2.04 bits per heavy atom. The molecule has 0 unspecified atom stereocenters. The number of carbonyl (C=O) groups is 3. The molecule has 0 aliphatic carbocycles. The van der Waals surface area contributed by atoms with Crippen molar-refractivity contribution < 1.29 is 24.6 Å². The van der Waals surface area contributed by atoms with Gasteiger partial charge in [0.1, 0.15) is 0 Å². The average Bonchev–Trinajstić information content (AvgIpc) is 2.96. The molecule has 0 spiro atoms. The minimum absolute atomic E-state index is 0.164. The molecular formula is C20H16N2O5S. The van der Waals surface area contributed by atoms with E-state index in [-0.39, 0.29) is 17.0 Å². The van der Waals surface area contributed by atoms with E-state index in [1.54, 1.807) is 30.3 Å². The van der Waals surface area contributed by atoms with E-state index in [0.717, 1.165) is 0 Å². The molecule has 3 rings (SSSR count). The third-order valence-corrected chi connectivity index (χ3v) is 5.01. The molecule has 0 atom stereocenters. The minimum Gasteiger partial charge on any atom is -0.478 e. The number of carbonyl (C=O) groups excluding carboxylic acids is 1. The van der Waals surface area contributed by atoms with Gasteiger partial charge in [0.25, 0.3) is 5.91 Å². The van der Waals surface area contributed by atoms with E-state index in [4.69, 9.17) is 10.2 Å². The number of amides is 1. The highest BCUT2D eigenvalue weighted by Crippen LogP contribution is 2.34. The third kappa shape index (κ3) is 4.12. The first-order valence-electron chi connectivity index (χ1n) is 8.36. The summed E-state index contributed by atoms with van der Waals surface area (Å²) in [4.78, 5) is 41.0. The van der Waals surface area contributed by atoms with Gasteiger partial charge in [-0.1, -0.05) is 12.1 Å². The highest BCUT2D eigenvalue weighted by molar-refractivity contribution is 8.18. The van der Waals surface area contributed by atoms with Gasteiger partial charge in [0.05, 0.1) is 21.7 Å². The summed E-state index contributed by atoms with van der Waals surface area (Å²) in [6.45, 7) is 2.28. The van der Waals surface area contributed by atoms with Crippen LogP contribution in [0.5, 0.6) is 0 Å². The van der Waals surface area contributed by atoms with Crippen molar-refractivity contribution in [2.24, 2.45) is 4.99 Å². The van der Waals surface area contributed by atoms with E-state index < -0.39 is 11.9 Å². The van der Waals surface area contributed by atoms with Crippen LogP contribution in [0.2, 0.25) is 0 Å². The second-order valence-electron chi connectivity index (χ2n) is 5.83. The Labute approximate surface area is 165 Å². The highest BCUT2D eigenvalue weighted by atomic mass is 32.2. The predicted molar refractivity (Wildman–Crippen MR) is 107 cm³/mol. The molecule has 0 aromatic heterocycles. The Balaban J connectivity index is 1.87. The van der Waals surface area contributed by atoms with E-state index in [1.165, 1.54) is 40.9 Å². The van der Waals surface area contributed by atoms with Crippen LogP contribution in [0.3, 0.4) is 0 Å². The number of amidine groups is 1. The number of hydrogen-bond donors (Lipinski definition) is 2. The molecule has 142 valence electrons. The van der Waals surface area contributed by atoms with Crippen LogP contribution in [-0.2, 0) is 4.79 Å². The van der Waals surface area contributed by atoms with Crippen molar-refractivity contribution in [2.45, 2.75) is 6.92 Å². The van der Waals surface area contributed by atoms with Crippen molar-refractivity contribution >= 4 is 46.5 Å². The number of thioether (sulfide) groups is 1. The second kappa shape index (κ2) is 8.10. The molecular weight excluding hydrogens is 380 g/mol. The fourth-order valence-electron chi connectivity index (χ4n) is 2.53. The summed E-state index contributed by atoms with van der Waals surface area (Å²) >= 11 is 1.22. The number of benzene rings is 2. The van der Waals surface area contributed by atoms with Gasteiger partial charge in [0, 0.05) is 6.54 Å². The molecule has 2 N–H and O–H groups in total. The maximum absolute atomic E-state index is 12.6. The molecule has 0 saturated carbocycles. The van der Waals surface area contributed by atoms with Gasteiger partial charge in [-0.3, -0.25) is 9.69 Å². The summed E-state index contributed by atoms with van der Waals surface area (Å²) in [6, 6.07) is 12.3. The van der Waals surface area contributed by atoms with E-state index in [9.17, 15) is 14.4 Å². The lowest BCUT2D eigenvalue weighted by Gasteiger charge is -2.12. The molecule has 2 aromatic carbocycles. The lowest BCUT2D eigenvalue weighted by atomic mass is 10.1. The molecule has 1 amide bonds. The number of rotatable bonds is 5. The summed E-state index contributed by atoms with van der Waals surface area (Å²) in [7, 11) is 0. The van der Waals surface area contributed by atoms with Gasteiger partial charge < -0.3 is 10.2 Å². The molecule has 1 heterocycles. The van der Waals surface area contributed by atoms with Crippen LogP contribution in [0.1, 0.15) is 33.2 Å². The molecule has 8 heteroatoms. The lowest BCUT2D eigenvalue weighted by Crippen LogP contribution is -2.28. The van der Waals surface area contributed by atoms with E-state index in [1.807, 2.05) is 6.92 Å². The Hall–Kier alpha value is -3.39. The summed E-state index contributed by atoms with van der Waals surface area (Å²) in [5.41, 5.74) is 1.60. The van der Waals surface area contributed by atoms with Crippen LogP contribution in [0.15, 0.2) is 58.4 Å². The first-order chi connectivity index (χ1) is 13.4. The molecule has 0 radical (unpaired) electrons. The van der Waals surface area contributed by atoms with Crippen LogP contribution in [-0.4, -0.2) is 44.7 Å². The van der Waals surface area contributed by atoms with Gasteiger partial charge in [-0.15, -0.1) is 0 Å². The number of aromatic carboxylic acids is 2. The number of hydrogen-bond acceptors (Lipinski definition) is 5. The van der Waals surface area contributed by atoms with Gasteiger partial charge in [-0.05, 0) is 66.7 Å². The lowest BCUT2D eigenvalue weighted by molar-refractivity contribution is -0.122. The van der Waals surface area contributed by atoms with Crippen LogP contribution in [0.4, 0.5) is 5.69 Å². The normalized spacial score (nSPS) is 16.8. The van der Waals surface area contributed by atoms with E-state index in [2.05, 4.69) is 4.99 Å². The van der Waals surface area contributed by atoms with Crippen LogP contribution in [0.25, 0.3) is 6.08 Å². The highest BCUT2D eigenvalue weighted by Gasteiger charge is 2.32. The number of nitrogens with zero attached hydrogens (tertiary/aromatic N) is 2. The van der Waals surface area contributed by atoms with Crippen molar-refractivity contribution in [3.05, 3.63) is 70.1 Å². The fraction of sp³-hybridized carbons (Fsp3) is 0.100. The van der Waals surface area contributed by atoms with Gasteiger partial charge in [-0.25, -0.2) is 14.6 Å². The Morgan fingerprint density at radius 2 is 1.54 bits per heavy atom. The second-order valence-corrected chi connectivity index (χ2v) is 6.84. The van der Waals surface area contributed by atoms with Gasteiger partial charge in [-0.2, -0.15) is 0 Å². The van der Waals surface area contributed by atoms with Crippen molar-refractivity contribution in [3.8, 4) is 0 Å². The van der Waals surface area contributed by atoms with Crippen LogP contribution in [0, 0.1) is 0 Å². The zero-order valence-electron chi connectivity index (χ0n) is 14.8. The first-order valence-corrected chi connectivity index (χ1v) is 9.17. The Bertz CT molecular complexity index is 994. The molecule has 28 heavy (non-hydrogen) atoms. The van der Waals surface area contributed by atoms with Crippen LogP contribution >= 0.6 is 11.8 Å². The average molecular weight is 396 g/mol. The summed E-state index contributed by atoms with van der Waals surface area (Å²) in [5, 5.41) is 18.4. The molecule has 0 bridgehead atoms. The quantitative estimate of drug-likeness (QED) is 0.746. The van der Waals surface area contributed by atoms with Crippen LogP contribution < -0.4 is 0 Å². The fourth-order valence-corrected chi connectivity index (χ4v) is 3.59. The summed E-state index contributed by atoms with van der Waals surface area (Å²) in [5.74, 6) is -2.21. The topological polar surface area (TPSA) is 107 Å². The standard InChI is InChI=1S/C20H16N2O5S/c1-2-22-17(23)16(11-12-3-5-13(6-4-12)18(24)25)28-20(22)21-15-9-7-14(8-10-15)19(26)27/h3-11H,2H2,1H3,(H,24,25)(H,26,27)/b16-11-,21-20?. The molecule has 1 saturated heterocycles. The predicted octanol–water partition coefficient (Wildman–Crippen LogP) is 3.71. The van der Waals surface area contributed by atoms with Gasteiger partial charge >= 0.3 is 11.9 Å². The number of carboxylic acid groups (broad SMARTS) is 2. The third-order valence-electron chi connectivity index (χ3n) is 4.00. The van der Waals surface area contributed by atoms with E-state index in [0.29, 0.717) is 27.9 Å². The smallest absolute Gasteiger partial charge is 0.335 e. The number of likely N-dealkylation sites (N-methyl/N-ethyl adjacent to an activating group) is 1.